The molecule has 0 unspecified atom stereocenters. The standard InChI is InChI=1S/C17H19N3O3/c21-15(8-12-10-19-7-2-1-6-14(19)18-12)20-9-11-4-3-5-13(11)16(20)17(22)23/h1-2,6-7,10-11,13,16H,3-5,8-9H2,(H,22,23)/t11-,13-,16+/m1/s1. The number of hydrogen-bond acceptors (Lipinski definition) is 3. The van der Waals surface area contributed by atoms with Gasteiger partial charge >= 0.3 is 5.97 Å². The fourth-order valence-electron chi connectivity index (χ4n) is 4.21. The van der Waals surface area contributed by atoms with Gasteiger partial charge in [-0.1, -0.05) is 12.5 Å². The lowest BCUT2D eigenvalue weighted by Gasteiger charge is -2.24. The number of pyridine rings is 1. The van der Waals surface area contributed by atoms with Crippen LogP contribution in [0.3, 0.4) is 0 Å². The van der Waals surface area contributed by atoms with Crippen molar-refractivity contribution in [3.63, 3.8) is 0 Å². The van der Waals surface area contributed by atoms with Gasteiger partial charge in [-0.05, 0) is 36.8 Å². The summed E-state index contributed by atoms with van der Waals surface area (Å²) in [6.45, 7) is 0.577. The average Bonchev–Trinajstić information content (AvgIpc) is 3.18. The zero-order chi connectivity index (χ0) is 16.0. The monoisotopic (exact) mass is 313 g/mol. The van der Waals surface area contributed by atoms with Gasteiger partial charge in [0.25, 0.3) is 0 Å². The molecule has 120 valence electrons. The zero-order valence-electron chi connectivity index (χ0n) is 12.8. The number of amides is 1. The van der Waals surface area contributed by atoms with E-state index < -0.39 is 12.0 Å². The minimum absolute atomic E-state index is 0.123. The van der Waals surface area contributed by atoms with Crippen molar-refractivity contribution in [2.75, 3.05) is 6.54 Å². The van der Waals surface area contributed by atoms with Crippen molar-refractivity contribution in [2.24, 2.45) is 11.8 Å². The molecular weight excluding hydrogens is 294 g/mol. The fraction of sp³-hybridized carbons (Fsp3) is 0.471. The molecule has 3 atom stereocenters. The number of hydrogen-bond donors (Lipinski definition) is 1. The van der Waals surface area contributed by atoms with Gasteiger partial charge in [0, 0.05) is 18.9 Å². The highest BCUT2D eigenvalue weighted by Crippen LogP contribution is 2.42. The molecule has 0 aromatic carbocycles. The lowest BCUT2D eigenvalue weighted by Crippen LogP contribution is -2.44. The summed E-state index contributed by atoms with van der Waals surface area (Å²) in [4.78, 5) is 30.3. The lowest BCUT2D eigenvalue weighted by molar-refractivity contribution is -0.149. The van der Waals surface area contributed by atoms with Gasteiger partial charge < -0.3 is 14.4 Å². The maximum Gasteiger partial charge on any atom is 0.326 e. The first-order valence-electron chi connectivity index (χ1n) is 8.08. The smallest absolute Gasteiger partial charge is 0.326 e. The molecule has 1 amide bonds. The Bertz CT molecular complexity index is 736. The molecule has 1 aliphatic carbocycles. The van der Waals surface area contributed by atoms with Gasteiger partial charge in [-0.3, -0.25) is 4.79 Å². The van der Waals surface area contributed by atoms with E-state index in [0.717, 1.165) is 24.9 Å². The molecule has 1 saturated heterocycles. The molecule has 3 heterocycles. The van der Waals surface area contributed by atoms with Crippen LogP contribution in [0.5, 0.6) is 0 Å². The molecular formula is C17H19N3O3. The second-order valence-corrected chi connectivity index (χ2v) is 6.56. The van der Waals surface area contributed by atoms with Crippen molar-refractivity contribution < 1.29 is 14.7 Å². The van der Waals surface area contributed by atoms with Crippen LogP contribution < -0.4 is 0 Å². The Morgan fingerprint density at radius 1 is 1.30 bits per heavy atom. The predicted octanol–water partition coefficient (Wildman–Crippen LogP) is 1.59. The van der Waals surface area contributed by atoms with Gasteiger partial charge in [0.15, 0.2) is 0 Å². The van der Waals surface area contributed by atoms with Crippen LogP contribution in [-0.2, 0) is 16.0 Å². The van der Waals surface area contributed by atoms with Crippen molar-refractivity contribution in [3.05, 3.63) is 36.3 Å². The normalized spacial score (nSPS) is 26.6. The van der Waals surface area contributed by atoms with Crippen LogP contribution in [0.25, 0.3) is 5.65 Å². The molecule has 4 rings (SSSR count). The molecule has 6 nitrogen and oxygen atoms in total. The Morgan fingerprint density at radius 3 is 2.96 bits per heavy atom. The Labute approximate surface area is 133 Å². The third-order valence-corrected chi connectivity index (χ3v) is 5.21. The molecule has 23 heavy (non-hydrogen) atoms. The van der Waals surface area contributed by atoms with E-state index >= 15 is 0 Å². The number of imidazole rings is 1. The summed E-state index contributed by atoms with van der Waals surface area (Å²) in [5.41, 5.74) is 1.48. The maximum absolute atomic E-state index is 12.7. The number of carboxylic acids is 1. The molecule has 2 aliphatic rings. The molecule has 2 fully saturated rings. The molecule has 0 spiro atoms. The first-order valence-corrected chi connectivity index (χ1v) is 8.08. The van der Waals surface area contributed by atoms with E-state index in [1.54, 1.807) is 4.90 Å². The third kappa shape index (κ3) is 2.38. The Balaban J connectivity index is 1.55. The Hall–Kier alpha value is -2.37. The van der Waals surface area contributed by atoms with Crippen LogP contribution >= 0.6 is 0 Å². The second kappa shape index (κ2) is 5.37. The highest BCUT2D eigenvalue weighted by molar-refractivity contribution is 5.86. The highest BCUT2D eigenvalue weighted by Gasteiger charge is 2.49. The van der Waals surface area contributed by atoms with Gasteiger partial charge in [-0.2, -0.15) is 0 Å². The number of carbonyl (C=O) groups excluding carboxylic acids is 1. The van der Waals surface area contributed by atoms with Gasteiger partial charge in [0.1, 0.15) is 11.7 Å². The van der Waals surface area contributed by atoms with E-state index in [1.165, 1.54) is 0 Å². The molecule has 2 aromatic rings. The predicted molar refractivity (Wildman–Crippen MR) is 82.9 cm³/mol. The molecule has 1 aliphatic heterocycles. The van der Waals surface area contributed by atoms with Crippen molar-refractivity contribution >= 4 is 17.5 Å². The number of carbonyl (C=O) groups is 2. The maximum atomic E-state index is 12.7. The topological polar surface area (TPSA) is 74.9 Å². The number of aliphatic carboxylic acids is 1. The fourth-order valence-corrected chi connectivity index (χ4v) is 4.21. The van der Waals surface area contributed by atoms with Gasteiger partial charge in [-0.25, -0.2) is 9.78 Å². The summed E-state index contributed by atoms with van der Waals surface area (Å²) >= 11 is 0. The van der Waals surface area contributed by atoms with E-state index in [4.69, 9.17) is 0 Å². The summed E-state index contributed by atoms with van der Waals surface area (Å²) in [5, 5.41) is 9.55. The minimum Gasteiger partial charge on any atom is -0.480 e. The van der Waals surface area contributed by atoms with E-state index in [9.17, 15) is 14.7 Å². The number of nitrogens with zero attached hydrogens (tertiary/aromatic N) is 3. The molecule has 1 saturated carbocycles. The van der Waals surface area contributed by atoms with Crippen LogP contribution in [0, 0.1) is 11.8 Å². The van der Waals surface area contributed by atoms with Gasteiger partial charge in [-0.15, -0.1) is 0 Å². The highest BCUT2D eigenvalue weighted by atomic mass is 16.4. The summed E-state index contributed by atoms with van der Waals surface area (Å²) in [6, 6.07) is 5.03. The van der Waals surface area contributed by atoms with Crippen LogP contribution in [0.15, 0.2) is 30.6 Å². The van der Waals surface area contributed by atoms with Crippen LogP contribution in [0.1, 0.15) is 25.0 Å². The summed E-state index contributed by atoms with van der Waals surface area (Å²) < 4.78 is 1.87. The van der Waals surface area contributed by atoms with Crippen molar-refractivity contribution in [2.45, 2.75) is 31.7 Å². The van der Waals surface area contributed by atoms with Crippen LogP contribution in [0.2, 0.25) is 0 Å². The number of aromatic nitrogens is 2. The average molecular weight is 313 g/mol. The van der Waals surface area contributed by atoms with Gasteiger partial charge in [0.05, 0.1) is 12.1 Å². The first kappa shape index (κ1) is 14.2. The van der Waals surface area contributed by atoms with Crippen LogP contribution in [0.4, 0.5) is 0 Å². The minimum atomic E-state index is -0.872. The SMILES string of the molecule is O=C(O)[C@@H]1[C@@H]2CCC[C@@H]2CN1C(=O)Cc1cn2ccccc2n1. The number of likely N-dealkylation sites (tertiary alicyclic amines) is 1. The van der Waals surface area contributed by atoms with Crippen molar-refractivity contribution in [1.29, 1.82) is 0 Å². The van der Waals surface area contributed by atoms with E-state index in [-0.39, 0.29) is 18.2 Å². The molecule has 1 N–H and O–H groups in total. The summed E-state index contributed by atoms with van der Waals surface area (Å²) in [6.07, 6.45) is 6.90. The molecule has 0 bridgehead atoms. The number of fused-ring (bicyclic) bond motifs is 2. The quantitative estimate of drug-likeness (QED) is 0.934. The largest absolute Gasteiger partial charge is 0.480 e. The lowest BCUT2D eigenvalue weighted by atomic mass is 9.94. The molecule has 6 heteroatoms. The molecule has 0 radical (unpaired) electrons. The summed E-state index contributed by atoms with van der Waals surface area (Å²) in [5.74, 6) is -0.531. The number of carboxylic acid groups (broad SMARTS) is 1. The van der Waals surface area contributed by atoms with E-state index in [1.807, 2.05) is 35.0 Å². The number of rotatable bonds is 3. The van der Waals surface area contributed by atoms with Gasteiger partial charge in [0.2, 0.25) is 5.91 Å². The van der Waals surface area contributed by atoms with Crippen molar-refractivity contribution in [1.82, 2.24) is 14.3 Å². The van der Waals surface area contributed by atoms with Crippen molar-refractivity contribution in [3.8, 4) is 0 Å². The Morgan fingerprint density at radius 2 is 2.17 bits per heavy atom. The zero-order valence-corrected chi connectivity index (χ0v) is 12.8. The third-order valence-electron chi connectivity index (χ3n) is 5.21. The second-order valence-electron chi connectivity index (χ2n) is 6.56. The Kier molecular flexibility index (Phi) is 3.32. The van der Waals surface area contributed by atoms with E-state index in [2.05, 4.69) is 4.98 Å². The van der Waals surface area contributed by atoms with E-state index in [0.29, 0.717) is 18.2 Å². The van der Waals surface area contributed by atoms with Crippen LogP contribution in [-0.4, -0.2) is 43.9 Å². The molecule has 2 aromatic heterocycles. The first-order chi connectivity index (χ1) is 11.1. The summed E-state index contributed by atoms with van der Waals surface area (Å²) in [7, 11) is 0.